The van der Waals surface area contributed by atoms with E-state index < -0.39 is 0 Å². The summed E-state index contributed by atoms with van der Waals surface area (Å²) in [5.74, 6) is 0.227. The fraction of sp³-hybridized carbons (Fsp3) is 0.333. The number of phenolic OH excluding ortho intramolecular Hbond substituents is 1. The van der Waals surface area contributed by atoms with Crippen molar-refractivity contribution >= 4 is 5.91 Å². The van der Waals surface area contributed by atoms with Gasteiger partial charge in [-0.15, -0.1) is 0 Å². The Morgan fingerprint density at radius 2 is 2.04 bits per heavy atom. The third kappa shape index (κ3) is 3.35. The normalized spacial score (nSPS) is 18.0. The number of pyridine rings is 1. The third-order valence-electron chi connectivity index (χ3n) is 4.18. The molecule has 0 radical (unpaired) electrons. The van der Waals surface area contributed by atoms with Crippen molar-refractivity contribution in [2.24, 2.45) is 0 Å². The number of nitrogens with one attached hydrogen (secondary N) is 1. The number of hydrogen-bond acceptors (Lipinski definition) is 4. The predicted octanol–water partition coefficient (Wildman–Crippen LogP) is 2.19. The highest BCUT2D eigenvalue weighted by molar-refractivity contribution is 5.93. The largest absolute Gasteiger partial charge is 0.508 e. The molecule has 120 valence electrons. The molecule has 1 aliphatic heterocycles. The van der Waals surface area contributed by atoms with E-state index in [0.29, 0.717) is 18.8 Å². The molecule has 23 heavy (non-hydrogen) atoms. The van der Waals surface area contributed by atoms with E-state index in [9.17, 15) is 9.90 Å². The molecule has 1 aliphatic rings. The van der Waals surface area contributed by atoms with Crippen LogP contribution in [0.4, 0.5) is 0 Å². The maximum atomic E-state index is 12.8. The van der Waals surface area contributed by atoms with Gasteiger partial charge in [0.15, 0.2) is 0 Å². The van der Waals surface area contributed by atoms with Crippen LogP contribution in [0.3, 0.4) is 0 Å². The molecule has 2 N–H and O–H groups in total. The van der Waals surface area contributed by atoms with Crippen LogP contribution in [0.2, 0.25) is 0 Å². The van der Waals surface area contributed by atoms with Gasteiger partial charge in [-0.05, 0) is 42.7 Å². The van der Waals surface area contributed by atoms with Crippen LogP contribution in [0.5, 0.6) is 5.75 Å². The fourth-order valence-electron chi connectivity index (χ4n) is 2.95. The van der Waals surface area contributed by atoms with Crippen molar-refractivity contribution in [3.05, 3.63) is 58.9 Å². The van der Waals surface area contributed by atoms with E-state index >= 15 is 0 Å². The molecule has 1 aromatic carbocycles. The standard InChI is InChI=1S/C18H21N3O2/c1-12-9-13(2)17(20-10-12)18(23)21-8-7-19-16(11-21)14-3-5-15(22)6-4-14/h3-6,9-10,16,19,22H,7-8,11H2,1-2H3. The van der Waals surface area contributed by atoms with E-state index in [2.05, 4.69) is 10.3 Å². The van der Waals surface area contributed by atoms with Crippen LogP contribution in [0.25, 0.3) is 0 Å². The zero-order valence-corrected chi connectivity index (χ0v) is 13.4. The molecule has 1 atom stereocenters. The van der Waals surface area contributed by atoms with Crippen LogP contribution in [0.1, 0.15) is 33.2 Å². The molecule has 0 bridgehead atoms. The summed E-state index contributed by atoms with van der Waals surface area (Å²) in [6.07, 6.45) is 1.74. The molecule has 1 amide bonds. The molecule has 0 aliphatic carbocycles. The highest BCUT2D eigenvalue weighted by Gasteiger charge is 2.26. The molecular formula is C18H21N3O2. The lowest BCUT2D eigenvalue weighted by Gasteiger charge is -2.34. The third-order valence-corrected chi connectivity index (χ3v) is 4.18. The summed E-state index contributed by atoms with van der Waals surface area (Å²) in [4.78, 5) is 18.9. The minimum Gasteiger partial charge on any atom is -0.508 e. The SMILES string of the molecule is Cc1cnc(C(=O)N2CCNC(c3ccc(O)cc3)C2)c(C)c1. The topological polar surface area (TPSA) is 65.5 Å². The number of carbonyl (C=O) groups is 1. The minimum absolute atomic E-state index is 0.0206. The Balaban J connectivity index is 1.77. The van der Waals surface area contributed by atoms with E-state index in [1.807, 2.05) is 36.9 Å². The van der Waals surface area contributed by atoms with Crippen molar-refractivity contribution in [2.45, 2.75) is 19.9 Å². The summed E-state index contributed by atoms with van der Waals surface area (Å²) >= 11 is 0. The molecule has 3 rings (SSSR count). The quantitative estimate of drug-likeness (QED) is 0.892. The number of piperazine rings is 1. The summed E-state index contributed by atoms with van der Waals surface area (Å²) in [6.45, 7) is 5.90. The lowest BCUT2D eigenvalue weighted by Crippen LogP contribution is -2.48. The van der Waals surface area contributed by atoms with Crippen LogP contribution in [0, 0.1) is 13.8 Å². The Hall–Kier alpha value is -2.40. The second-order valence-corrected chi connectivity index (χ2v) is 6.03. The number of hydrogen-bond donors (Lipinski definition) is 2. The number of amides is 1. The first kappa shape index (κ1) is 15.5. The van der Waals surface area contributed by atoms with Gasteiger partial charge in [-0.3, -0.25) is 9.78 Å². The Kier molecular flexibility index (Phi) is 4.30. The van der Waals surface area contributed by atoms with Gasteiger partial charge < -0.3 is 15.3 Å². The van der Waals surface area contributed by atoms with Crippen molar-refractivity contribution in [1.82, 2.24) is 15.2 Å². The Bertz CT molecular complexity index is 713. The number of aromatic nitrogens is 1. The van der Waals surface area contributed by atoms with E-state index in [-0.39, 0.29) is 17.7 Å². The molecule has 2 aromatic rings. The van der Waals surface area contributed by atoms with Gasteiger partial charge in [-0.1, -0.05) is 18.2 Å². The molecule has 1 saturated heterocycles. The summed E-state index contributed by atoms with van der Waals surface area (Å²) in [7, 11) is 0. The molecule has 1 aromatic heterocycles. The zero-order valence-electron chi connectivity index (χ0n) is 13.4. The molecule has 0 saturated carbocycles. The molecular weight excluding hydrogens is 290 g/mol. The average Bonchev–Trinajstić information content (AvgIpc) is 2.55. The first-order valence-electron chi connectivity index (χ1n) is 7.79. The summed E-state index contributed by atoms with van der Waals surface area (Å²) in [5.41, 5.74) is 3.56. The summed E-state index contributed by atoms with van der Waals surface area (Å²) in [6, 6.07) is 9.17. The number of nitrogens with zero attached hydrogens (tertiary/aromatic N) is 2. The lowest BCUT2D eigenvalue weighted by molar-refractivity contribution is 0.0696. The minimum atomic E-state index is -0.0206. The van der Waals surface area contributed by atoms with Gasteiger partial charge in [0.1, 0.15) is 11.4 Å². The Morgan fingerprint density at radius 3 is 2.74 bits per heavy atom. The van der Waals surface area contributed by atoms with Crippen molar-refractivity contribution < 1.29 is 9.90 Å². The smallest absolute Gasteiger partial charge is 0.272 e. The molecule has 5 nitrogen and oxygen atoms in total. The summed E-state index contributed by atoms with van der Waals surface area (Å²) < 4.78 is 0. The summed E-state index contributed by atoms with van der Waals surface area (Å²) in [5, 5.41) is 12.8. The fourth-order valence-corrected chi connectivity index (χ4v) is 2.95. The van der Waals surface area contributed by atoms with Gasteiger partial charge in [0.25, 0.3) is 5.91 Å². The first-order valence-corrected chi connectivity index (χ1v) is 7.79. The van der Waals surface area contributed by atoms with Gasteiger partial charge in [0.05, 0.1) is 0 Å². The maximum absolute atomic E-state index is 12.8. The highest BCUT2D eigenvalue weighted by atomic mass is 16.3. The lowest BCUT2D eigenvalue weighted by atomic mass is 10.0. The number of phenols is 1. The Morgan fingerprint density at radius 1 is 1.30 bits per heavy atom. The van der Waals surface area contributed by atoms with Crippen LogP contribution < -0.4 is 5.32 Å². The van der Waals surface area contributed by atoms with Gasteiger partial charge in [0, 0.05) is 31.9 Å². The number of benzene rings is 1. The maximum Gasteiger partial charge on any atom is 0.272 e. The van der Waals surface area contributed by atoms with Gasteiger partial charge in [-0.2, -0.15) is 0 Å². The van der Waals surface area contributed by atoms with E-state index in [1.165, 1.54) is 0 Å². The molecule has 5 heteroatoms. The van der Waals surface area contributed by atoms with Gasteiger partial charge in [0.2, 0.25) is 0 Å². The van der Waals surface area contributed by atoms with E-state index in [0.717, 1.165) is 23.2 Å². The van der Waals surface area contributed by atoms with Crippen LogP contribution in [-0.2, 0) is 0 Å². The van der Waals surface area contributed by atoms with Crippen LogP contribution in [-0.4, -0.2) is 40.5 Å². The van der Waals surface area contributed by atoms with E-state index in [1.54, 1.807) is 18.3 Å². The van der Waals surface area contributed by atoms with Crippen LogP contribution >= 0.6 is 0 Å². The second kappa shape index (κ2) is 6.38. The number of aromatic hydroxyl groups is 1. The van der Waals surface area contributed by atoms with E-state index in [4.69, 9.17) is 0 Å². The van der Waals surface area contributed by atoms with Gasteiger partial charge in [-0.25, -0.2) is 0 Å². The van der Waals surface area contributed by atoms with Crippen molar-refractivity contribution in [1.29, 1.82) is 0 Å². The van der Waals surface area contributed by atoms with Crippen LogP contribution in [0.15, 0.2) is 36.5 Å². The van der Waals surface area contributed by atoms with Gasteiger partial charge >= 0.3 is 0 Å². The van der Waals surface area contributed by atoms with Crippen molar-refractivity contribution in [3.8, 4) is 5.75 Å². The zero-order chi connectivity index (χ0) is 16.4. The molecule has 1 fully saturated rings. The second-order valence-electron chi connectivity index (χ2n) is 6.03. The van der Waals surface area contributed by atoms with Crippen molar-refractivity contribution in [3.63, 3.8) is 0 Å². The Labute approximate surface area is 136 Å². The number of rotatable bonds is 2. The molecule has 2 heterocycles. The predicted molar refractivity (Wildman–Crippen MR) is 88.5 cm³/mol. The first-order chi connectivity index (χ1) is 11.0. The average molecular weight is 311 g/mol. The number of carbonyl (C=O) groups excluding carboxylic acids is 1. The highest BCUT2D eigenvalue weighted by Crippen LogP contribution is 2.21. The molecule has 0 spiro atoms. The molecule has 1 unspecified atom stereocenters. The monoisotopic (exact) mass is 311 g/mol. The number of aryl methyl sites for hydroxylation is 2. The van der Waals surface area contributed by atoms with Crippen molar-refractivity contribution in [2.75, 3.05) is 19.6 Å².